The predicted octanol–water partition coefficient (Wildman–Crippen LogP) is 6.61. The number of nitrogens with zero attached hydrogens (tertiary/aromatic N) is 6. The predicted molar refractivity (Wildman–Crippen MR) is 167 cm³/mol. The fraction of sp³-hybridized carbons (Fsp3) is 0.0714. The summed E-state index contributed by atoms with van der Waals surface area (Å²) < 4.78 is 3.40. The standard InChI is InChI=1S/C28H22N8S4/c1-15-3-9-23(37-15)19-7-5-17(27(31-29)35(19)30)21-11-13-25(39-21)26-14-12-22(40-26)18-6-8-20(24-10-4-16(2)38-24)36-28(18)32-33-34-36/h3-14H,29-30H2,1-2H3/b31-27-. The number of nitrogen functional groups attached to an aromatic ring is 1. The summed E-state index contributed by atoms with van der Waals surface area (Å²) in [7, 11) is 0. The topological polar surface area (TPSA) is 112 Å². The lowest BCUT2D eigenvalue weighted by Gasteiger charge is -2.10. The van der Waals surface area contributed by atoms with Crippen molar-refractivity contribution in [1.29, 1.82) is 0 Å². The Bertz CT molecular complexity index is 2080. The second kappa shape index (κ2) is 9.82. The van der Waals surface area contributed by atoms with Crippen molar-refractivity contribution in [2.75, 3.05) is 5.84 Å². The first-order chi connectivity index (χ1) is 19.5. The van der Waals surface area contributed by atoms with Crippen molar-refractivity contribution in [3.63, 3.8) is 0 Å². The molecule has 0 aliphatic heterocycles. The Morgan fingerprint density at radius 2 is 1.18 bits per heavy atom. The van der Waals surface area contributed by atoms with E-state index in [0.717, 1.165) is 57.4 Å². The molecule has 7 rings (SSSR count). The molecule has 40 heavy (non-hydrogen) atoms. The molecular weight excluding hydrogens is 577 g/mol. The molecule has 8 nitrogen and oxygen atoms in total. The van der Waals surface area contributed by atoms with Crippen molar-refractivity contribution < 1.29 is 0 Å². The largest absolute Gasteiger partial charge is 0.337 e. The fourth-order valence-corrected chi connectivity index (χ4v) is 8.58. The summed E-state index contributed by atoms with van der Waals surface area (Å²) in [5.74, 6) is 12.3. The molecule has 198 valence electrons. The van der Waals surface area contributed by atoms with Gasteiger partial charge in [0.05, 0.1) is 21.1 Å². The van der Waals surface area contributed by atoms with Crippen LogP contribution in [0.1, 0.15) is 9.75 Å². The average Bonchev–Trinajstić information content (AvgIpc) is 3.78. The summed E-state index contributed by atoms with van der Waals surface area (Å²) in [5, 5.41) is 16.7. The molecule has 4 N–H and O–H groups in total. The number of pyridine rings is 2. The van der Waals surface area contributed by atoms with Gasteiger partial charge in [-0.2, -0.15) is 9.62 Å². The molecule has 0 amide bonds. The van der Waals surface area contributed by atoms with Gasteiger partial charge in [-0.1, -0.05) is 0 Å². The van der Waals surface area contributed by atoms with E-state index in [1.54, 1.807) is 50.0 Å². The first-order valence-corrected chi connectivity index (χ1v) is 15.6. The molecule has 0 radical (unpaired) electrons. The monoisotopic (exact) mass is 598 g/mol. The second-order valence-corrected chi connectivity index (χ2v) is 13.9. The molecule has 7 aromatic heterocycles. The number of tetrazole rings is 1. The number of hydrogen-bond acceptors (Lipinski definition) is 10. The van der Waals surface area contributed by atoms with Gasteiger partial charge in [-0.05, 0) is 97.1 Å². The minimum absolute atomic E-state index is 0.534. The molecule has 0 aromatic carbocycles. The summed E-state index contributed by atoms with van der Waals surface area (Å²) in [6.45, 7) is 4.18. The summed E-state index contributed by atoms with van der Waals surface area (Å²) >= 11 is 6.82. The van der Waals surface area contributed by atoms with Crippen LogP contribution in [0.5, 0.6) is 0 Å². The van der Waals surface area contributed by atoms with Crippen LogP contribution in [-0.4, -0.2) is 24.7 Å². The van der Waals surface area contributed by atoms with Crippen molar-refractivity contribution >= 4 is 51.0 Å². The van der Waals surface area contributed by atoms with Crippen LogP contribution < -0.4 is 17.2 Å². The Kier molecular flexibility index (Phi) is 6.12. The van der Waals surface area contributed by atoms with Crippen LogP contribution in [0.4, 0.5) is 0 Å². The molecular formula is C28H22N8S4. The molecule has 0 aliphatic carbocycles. The summed E-state index contributed by atoms with van der Waals surface area (Å²) in [6.07, 6.45) is 0. The first-order valence-electron chi connectivity index (χ1n) is 12.3. The van der Waals surface area contributed by atoms with Crippen LogP contribution in [0, 0.1) is 13.8 Å². The molecule has 0 spiro atoms. The second-order valence-electron chi connectivity index (χ2n) is 9.15. The quantitative estimate of drug-likeness (QED) is 0.171. The molecule has 7 aromatic rings. The minimum atomic E-state index is 0.534. The smallest absolute Gasteiger partial charge is 0.188 e. The normalized spacial score (nSPS) is 12.1. The molecule has 0 saturated heterocycles. The van der Waals surface area contributed by atoms with Gasteiger partial charge >= 0.3 is 0 Å². The Labute approximate surface area is 245 Å². The highest BCUT2D eigenvalue weighted by molar-refractivity contribution is 7.25. The van der Waals surface area contributed by atoms with Crippen molar-refractivity contribution in [3.8, 4) is 51.8 Å². The third-order valence-corrected chi connectivity index (χ3v) is 11.1. The third-order valence-electron chi connectivity index (χ3n) is 6.58. The maximum atomic E-state index is 6.48. The molecule has 0 bridgehead atoms. The number of aromatic nitrogens is 5. The van der Waals surface area contributed by atoms with Gasteiger partial charge in [0.1, 0.15) is 0 Å². The zero-order chi connectivity index (χ0) is 27.4. The maximum Gasteiger partial charge on any atom is 0.188 e. The van der Waals surface area contributed by atoms with E-state index in [4.69, 9.17) is 11.7 Å². The van der Waals surface area contributed by atoms with Gasteiger partial charge in [0.2, 0.25) is 0 Å². The zero-order valence-electron chi connectivity index (χ0n) is 21.4. The lowest BCUT2D eigenvalue weighted by atomic mass is 10.2. The molecule has 0 unspecified atom stereocenters. The molecule has 0 saturated carbocycles. The van der Waals surface area contributed by atoms with Crippen molar-refractivity contribution in [3.05, 3.63) is 88.0 Å². The summed E-state index contributed by atoms with van der Waals surface area (Å²) in [5.41, 5.74) is 5.03. The van der Waals surface area contributed by atoms with E-state index in [-0.39, 0.29) is 0 Å². The van der Waals surface area contributed by atoms with E-state index in [0.29, 0.717) is 5.49 Å². The van der Waals surface area contributed by atoms with E-state index in [9.17, 15) is 0 Å². The Hall–Kier alpha value is -4.10. The van der Waals surface area contributed by atoms with Gasteiger partial charge in [-0.15, -0.1) is 50.4 Å². The minimum Gasteiger partial charge on any atom is -0.337 e. The number of thiophene rings is 4. The highest BCUT2D eigenvalue weighted by atomic mass is 32.1. The first kappa shape index (κ1) is 24.9. The Balaban J connectivity index is 1.23. The molecule has 0 fully saturated rings. The van der Waals surface area contributed by atoms with E-state index in [2.05, 4.69) is 95.1 Å². The Morgan fingerprint density at radius 1 is 0.625 bits per heavy atom. The molecule has 12 heteroatoms. The van der Waals surface area contributed by atoms with Gasteiger partial charge < -0.3 is 11.7 Å². The van der Waals surface area contributed by atoms with Crippen molar-refractivity contribution in [1.82, 2.24) is 24.7 Å². The highest BCUT2D eigenvalue weighted by Gasteiger charge is 2.17. The van der Waals surface area contributed by atoms with Crippen molar-refractivity contribution in [2.24, 2.45) is 10.9 Å². The van der Waals surface area contributed by atoms with Crippen LogP contribution >= 0.6 is 45.3 Å². The van der Waals surface area contributed by atoms with E-state index < -0.39 is 0 Å². The van der Waals surface area contributed by atoms with Crippen LogP contribution in [0.15, 0.2) is 77.9 Å². The molecule has 7 heterocycles. The zero-order valence-corrected chi connectivity index (χ0v) is 24.7. The number of nitrogens with two attached hydrogens (primary N) is 2. The van der Waals surface area contributed by atoms with Gasteiger partial charge in [0, 0.05) is 40.4 Å². The third kappa shape index (κ3) is 4.16. The lowest BCUT2D eigenvalue weighted by molar-refractivity contribution is 0.829. The molecule has 0 aliphatic rings. The van der Waals surface area contributed by atoms with Crippen molar-refractivity contribution in [2.45, 2.75) is 13.8 Å². The highest BCUT2D eigenvalue weighted by Crippen LogP contribution is 2.41. The van der Waals surface area contributed by atoms with Gasteiger partial charge in [0.25, 0.3) is 0 Å². The Morgan fingerprint density at radius 3 is 1.80 bits per heavy atom. The van der Waals surface area contributed by atoms with Crippen LogP contribution in [-0.2, 0) is 0 Å². The number of fused-ring (bicyclic) bond motifs is 1. The summed E-state index contributed by atoms with van der Waals surface area (Å²) in [4.78, 5) is 9.14. The van der Waals surface area contributed by atoms with E-state index in [1.807, 2.05) is 16.6 Å². The number of rotatable bonds is 5. The van der Waals surface area contributed by atoms with Gasteiger partial charge in [-0.3, -0.25) is 0 Å². The van der Waals surface area contributed by atoms with Crippen LogP contribution in [0.3, 0.4) is 0 Å². The van der Waals surface area contributed by atoms with E-state index in [1.165, 1.54) is 9.75 Å². The van der Waals surface area contributed by atoms with Gasteiger partial charge in [0.15, 0.2) is 11.1 Å². The maximum absolute atomic E-state index is 6.48. The fourth-order valence-electron chi connectivity index (χ4n) is 4.66. The van der Waals surface area contributed by atoms with E-state index >= 15 is 0 Å². The summed E-state index contributed by atoms with van der Waals surface area (Å²) in [6, 6.07) is 25.1. The number of aryl methyl sites for hydroxylation is 2. The van der Waals surface area contributed by atoms with Gasteiger partial charge in [-0.25, -0.2) is 4.68 Å². The number of hydrogen-bond donors (Lipinski definition) is 2. The SMILES string of the molecule is Cc1ccc(-c2ccc(-c3ccc(-c4ccc(-c5ccc(-c6ccc(C)s6)n6nnnc56)s4)s3)/c(=N/N)n2N)s1. The molecule has 0 atom stereocenters. The van der Waals surface area contributed by atoms with Crippen LogP contribution in [0.25, 0.3) is 57.4 Å². The van der Waals surface area contributed by atoms with Crippen LogP contribution in [0.2, 0.25) is 0 Å². The average molecular weight is 599 g/mol. The lowest BCUT2D eigenvalue weighted by Crippen LogP contribution is -2.31.